The van der Waals surface area contributed by atoms with Gasteiger partial charge in [-0.1, -0.05) is 25.1 Å². The van der Waals surface area contributed by atoms with Gasteiger partial charge in [0.15, 0.2) is 0 Å². The zero-order chi connectivity index (χ0) is 18.2. The van der Waals surface area contributed by atoms with Crippen molar-refractivity contribution in [2.45, 2.75) is 26.9 Å². The highest BCUT2D eigenvalue weighted by Crippen LogP contribution is 2.23. The number of carbonyl (C=O) groups is 1. The molecule has 0 saturated heterocycles. The van der Waals surface area contributed by atoms with Crippen LogP contribution >= 0.6 is 0 Å². The lowest BCUT2D eigenvalue weighted by Gasteiger charge is -2.11. The molecule has 0 heterocycles. The summed E-state index contributed by atoms with van der Waals surface area (Å²) in [6, 6.07) is 11.6. The number of nitro groups is 1. The Morgan fingerprint density at radius 3 is 2.72 bits per heavy atom. The minimum Gasteiger partial charge on any atom is -0.489 e. The molecule has 0 aliphatic heterocycles. The number of hydrogen-bond acceptors (Lipinski definition) is 4. The van der Waals surface area contributed by atoms with Crippen LogP contribution in [0.25, 0.3) is 0 Å². The molecule has 0 aliphatic carbocycles. The van der Waals surface area contributed by atoms with E-state index >= 15 is 0 Å². The number of rotatable bonds is 7. The topological polar surface area (TPSA) is 93.5 Å². The van der Waals surface area contributed by atoms with Crippen molar-refractivity contribution < 1.29 is 14.5 Å². The largest absolute Gasteiger partial charge is 0.489 e. The Morgan fingerprint density at radius 2 is 2.00 bits per heavy atom. The summed E-state index contributed by atoms with van der Waals surface area (Å²) in [7, 11) is 0. The summed E-state index contributed by atoms with van der Waals surface area (Å²) in [6.45, 7) is 4.49. The van der Waals surface area contributed by atoms with Crippen LogP contribution in [0.3, 0.4) is 0 Å². The molecule has 0 saturated carbocycles. The van der Waals surface area contributed by atoms with Gasteiger partial charge in [-0.3, -0.25) is 10.1 Å². The number of hydrogen-bond donors (Lipinski definition) is 2. The van der Waals surface area contributed by atoms with Crippen molar-refractivity contribution in [2.75, 3.05) is 11.9 Å². The molecule has 132 valence electrons. The molecule has 7 heteroatoms. The molecule has 2 aromatic carbocycles. The Bertz CT molecular complexity index is 762. The van der Waals surface area contributed by atoms with Crippen LogP contribution in [0.5, 0.6) is 5.75 Å². The number of amides is 2. The minimum atomic E-state index is -0.404. The molecule has 0 unspecified atom stereocenters. The minimum absolute atomic E-state index is 0.0733. The van der Waals surface area contributed by atoms with E-state index < -0.39 is 4.92 Å². The molecule has 2 aromatic rings. The molecule has 2 N–H and O–H groups in total. The fourth-order valence-corrected chi connectivity index (χ4v) is 2.26. The van der Waals surface area contributed by atoms with E-state index in [1.54, 1.807) is 43.3 Å². The van der Waals surface area contributed by atoms with Crippen LogP contribution in [0.4, 0.5) is 16.2 Å². The van der Waals surface area contributed by atoms with E-state index in [9.17, 15) is 14.9 Å². The fraction of sp³-hybridized carbons (Fsp3) is 0.278. The number of urea groups is 1. The first-order chi connectivity index (χ1) is 12.0. The maximum absolute atomic E-state index is 11.7. The number of ether oxygens (including phenoxy) is 1. The predicted octanol–water partition coefficient (Wildman–Crippen LogP) is 4.01. The molecule has 0 aromatic heterocycles. The van der Waals surface area contributed by atoms with Gasteiger partial charge < -0.3 is 15.4 Å². The fourth-order valence-electron chi connectivity index (χ4n) is 2.26. The van der Waals surface area contributed by atoms with Crippen LogP contribution in [0.2, 0.25) is 0 Å². The molecular formula is C18H21N3O4. The Balaban J connectivity index is 2.02. The van der Waals surface area contributed by atoms with Crippen molar-refractivity contribution in [3.63, 3.8) is 0 Å². The number of carbonyl (C=O) groups excluding carboxylic acids is 1. The van der Waals surface area contributed by atoms with Crippen LogP contribution in [0.15, 0.2) is 42.5 Å². The van der Waals surface area contributed by atoms with Gasteiger partial charge in [0, 0.05) is 29.9 Å². The van der Waals surface area contributed by atoms with Crippen molar-refractivity contribution in [3.8, 4) is 5.75 Å². The molecule has 7 nitrogen and oxygen atoms in total. The average Bonchev–Trinajstić information content (AvgIpc) is 2.59. The van der Waals surface area contributed by atoms with Crippen molar-refractivity contribution in [3.05, 3.63) is 63.7 Å². The zero-order valence-electron chi connectivity index (χ0n) is 14.2. The van der Waals surface area contributed by atoms with Crippen LogP contribution < -0.4 is 15.4 Å². The van der Waals surface area contributed by atoms with Gasteiger partial charge in [-0.05, 0) is 31.0 Å². The lowest BCUT2D eigenvalue weighted by atomic mass is 10.1. The highest BCUT2D eigenvalue weighted by molar-refractivity contribution is 5.89. The maximum atomic E-state index is 11.7. The number of anilines is 1. The van der Waals surface area contributed by atoms with Gasteiger partial charge >= 0.3 is 6.03 Å². The Labute approximate surface area is 146 Å². The molecule has 2 amide bonds. The van der Waals surface area contributed by atoms with Crippen molar-refractivity contribution in [1.82, 2.24) is 5.32 Å². The first-order valence-corrected chi connectivity index (χ1v) is 8.02. The maximum Gasteiger partial charge on any atom is 0.319 e. The number of nitro benzene ring substituents is 1. The quantitative estimate of drug-likeness (QED) is 0.586. The Kier molecular flexibility index (Phi) is 6.33. The van der Waals surface area contributed by atoms with E-state index in [1.165, 1.54) is 6.07 Å². The van der Waals surface area contributed by atoms with E-state index in [0.717, 1.165) is 12.0 Å². The summed E-state index contributed by atoms with van der Waals surface area (Å²) >= 11 is 0. The van der Waals surface area contributed by atoms with E-state index in [1.807, 2.05) is 6.92 Å². The smallest absolute Gasteiger partial charge is 0.319 e. The monoisotopic (exact) mass is 343 g/mol. The first kappa shape index (κ1) is 18.3. The van der Waals surface area contributed by atoms with Crippen LogP contribution in [-0.4, -0.2) is 17.5 Å². The number of nitrogens with zero attached hydrogens (tertiary/aromatic N) is 1. The second kappa shape index (κ2) is 8.68. The summed E-state index contributed by atoms with van der Waals surface area (Å²) in [5.41, 5.74) is 2.01. The molecule has 0 spiro atoms. The lowest BCUT2D eigenvalue weighted by Crippen LogP contribution is -2.29. The second-order valence-electron chi connectivity index (χ2n) is 5.52. The van der Waals surface area contributed by atoms with E-state index in [-0.39, 0.29) is 18.3 Å². The van der Waals surface area contributed by atoms with Gasteiger partial charge in [0.05, 0.1) is 4.92 Å². The van der Waals surface area contributed by atoms with Crippen LogP contribution in [0.1, 0.15) is 24.5 Å². The molecule has 2 rings (SSSR count). The number of nitrogens with one attached hydrogen (secondary N) is 2. The first-order valence-electron chi connectivity index (χ1n) is 8.02. The van der Waals surface area contributed by atoms with E-state index in [4.69, 9.17) is 4.74 Å². The summed E-state index contributed by atoms with van der Waals surface area (Å²) in [6.07, 6.45) is 0.860. The predicted molar refractivity (Wildman–Crippen MR) is 95.9 cm³/mol. The second-order valence-corrected chi connectivity index (χ2v) is 5.52. The van der Waals surface area contributed by atoms with E-state index in [0.29, 0.717) is 23.5 Å². The van der Waals surface area contributed by atoms with Crippen molar-refractivity contribution >= 4 is 17.4 Å². The number of benzene rings is 2. The van der Waals surface area contributed by atoms with Crippen molar-refractivity contribution in [1.29, 1.82) is 0 Å². The summed E-state index contributed by atoms with van der Waals surface area (Å²) in [5, 5.41) is 16.4. The SMILES string of the molecule is CCCNC(=O)Nc1cccc(OCc2cccc([N+](=O)[O-])c2C)c1. The van der Waals surface area contributed by atoms with Gasteiger partial charge in [-0.15, -0.1) is 0 Å². The highest BCUT2D eigenvalue weighted by Gasteiger charge is 2.13. The third kappa shape index (κ3) is 5.20. The molecular weight excluding hydrogens is 322 g/mol. The summed E-state index contributed by atoms with van der Waals surface area (Å²) < 4.78 is 5.72. The molecule has 25 heavy (non-hydrogen) atoms. The molecule has 0 aliphatic rings. The average molecular weight is 343 g/mol. The summed E-state index contributed by atoms with van der Waals surface area (Å²) in [4.78, 5) is 22.3. The lowest BCUT2D eigenvalue weighted by molar-refractivity contribution is -0.385. The zero-order valence-corrected chi connectivity index (χ0v) is 14.2. The van der Waals surface area contributed by atoms with Crippen LogP contribution in [-0.2, 0) is 6.61 Å². The summed E-state index contributed by atoms with van der Waals surface area (Å²) in [5.74, 6) is 0.569. The standard InChI is InChI=1S/C18H21N3O4/c1-3-10-19-18(22)20-15-7-5-8-16(11-15)25-12-14-6-4-9-17(13(14)2)21(23)24/h4-9,11H,3,10,12H2,1-2H3,(H2,19,20,22). The molecule has 0 atom stereocenters. The third-order valence-electron chi connectivity index (χ3n) is 3.64. The van der Waals surface area contributed by atoms with Gasteiger partial charge in [0.2, 0.25) is 0 Å². The van der Waals surface area contributed by atoms with Gasteiger partial charge in [-0.25, -0.2) is 4.79 Å². The van der Waals surface area contributed by atoms with Gasteiger partial charge in [-0.2, -0.15) is 0 Å². The Morgan fingerprint density at radius 1 is 1.24 bits per heavy atom. The van der Waals surface area contributed by atoms with Crippen molar-refractivity contribution in [2.24, 2.45) is 0 Å². The third-order valence-corrected chi connectivity index (χ3v) is 3.64. The highest BCUT2D eigenvalue weighted by atomic mass is 16.6. The molecule has 0 fully saturated rings. The Hall–Kier alpha value is -3.09. The molecule has 0 radical (unpaired) electrons. The normalized spacial score (nSPS) is 10.2. The van der Waals surface area contributed by atoms with Gasteiger partial charge in [0.1, 0.15) is 12.4 Å². The van der Waals surface area contributed by atoms with Crippen LogP contribution in [0, 0.1) is 17.0 Å². The van der Waals surface area contributed by atoms with Gasteiger partial charge in [0.25, 0.3) is 5.69 Å². The molecule has 0 bridgehead atoms. The van der Waals surface area contributed by atoms with E-state index in [2.05, 4.69) is 10.6 Å².